The highest BCUT2D eigenvalue weighted by atomic mass is 127. The van der Waals surface area contributed by atoms with Gasteiger partial charge in [-0.15, -0.1) is 0 Å². The summed E-state index contributed by atoms with van der Waals surface area (Å²) in [6.45, 7) is -1.21. The van der Waals surface area contributed by atoms with Crippen molar-refractivity contribution in [3.8, 4) is 11.8 Å². The van der Waals surface area contributed by atoms with Crippen LogP contribution in [0, 0.1) is 14.9 Å². The minimum absolute atomic E-state index is 0.119. The van der Waals surface area contributed by atoms with E-state index >= 15 is 0 Å². The average Bonchev–Trinajstić information content (AvgIpc) is 2.33. The normalized spacial score (nSPS) is 10.1. The van der Waals surface area contributed by atoms with Crippen LogP contribution in [0.1, 0.15) is 18.1 Å². The molecule has 1 aromatic rings. The predicted molar refractivity (Wildman–Crippen MR) is 70.8 cm³/mol. The molecule has 0 atom stereocenters. The summed E-state index contributed by atoms with van der Waals surface area (Å²) >= 11 is 1.89. The summed E-state index contributed by atoms with van der Waals surface area (Å²) in [5.41, 5.74) is 0.264. The van der Waals surface area contributed by atoms with Crippen LogP contribution in [0.25, 0.3) is 0 Å². The van der Waals surface area contributed by atoms with Gasteiger partial charge >= 0.3 is 12.6 Å². The van der Waals surface area contributed by atoms with E-state index in [1.54, 1.807) is 6.92 Å². The molecule has 102 valence electrons. The summed E-state index contributed by atoms with van der Waals surface area (Å²) in [6, 6.07) is 4.67. The van der Waals surface area contributed by atoms with Crippen molar-refractivity contribution in [1.82, 2.24) is 0 Å². The number of esters is 1. The van der Waals surface area contributed by atoms with Crippen molar-refractivity contribution in [2.45, 2.75) is 20.0 Å². The molecule has 0 N–H and O–H groups in total. The molecule has 0 radical (unpaired) electrons. The van der Waals surface area contributed by atoms with Crippen molar-refractivity contribution in [2.75, 3.05) is 6.61 Å². The van der Waals surface area contributed by atoms with E-state index in [1.165, 1.54) is 12.1 Å². The molecule has 7 heteroatoms. The van der Waals surface area contributed by atoms with Gasteiger partial charge in [0.1, 0.15) is 11.8 Å². The maximum absolute atomic E-state index is 12.3. The highest BCUT2D eigenvalue weighted by molar-refractivity contribution is 14.1. The zero-order chi connectivity index (χ0) is 14.4. The molecule has 0 heterocycles. The van der Waals surface area contributed by atoms with Crippen molar-refractivity contribution >= 4 is 28.6 Å². The van der Waals surface area contributed by atoms with Crippen molar-refractivity contribution in [1.29, 1.82) is 5.26 Å². The van der Waals surface area contributed by atoms with Crippen molar-refractivity contribution in [3.63, 3.8) is 0 Å². The number of ether oxygens (including phenoxy) is 2. The van der Waals surface area contributed by atoms with E-state index in [-0.39, 0.29) is 29.9 Å². The first kappa shape index (κ1) is 15.6. The largest absolute Gasteiger partial charge is 0.466 e. The average molecular weight is 381 g/mol. The molecule has 1 aromatic carbocycles. The lowest BCUT2D eigenvalue weighted by molar-refractivity contribution is -0.142. The van der Waals surface area contributed by atoms with Gasteiger partial charge in [0.25, 0.3) is 0 Å². The molecule has 0 aliphatic heterocycles. The summed E-state index contributed by atoms with van der Waals surface area (Å²) in [6.07, 6.45) is -0.282. The van der Waals surface area contributed by atoms with Gasteiger partial charge in [-0.25, -0.2) is 0 Å². The molecule has 0 aromatic heterocycles. The standard InChI is InChI=1S/C12H10F2INO3/c1-2-18-11(17)5-7-8(6-16)9(15)3-4-10(7)19-12(13)14/h3-4,12H,2,5H2,1H3. The van der Waals surface area contributed by atoms with Crippen LogP contribution in [0.5, 0.6) is 5.75 Å². The monoisotopic (exact) mass is 381 g/mol. The number of carbonyl (C=O) groups excluding carboxylic acids is 1. The Hall–Kier alpha value is -1.43. The van der Waals surface area contributed by atoms with Crippen LogP contribution in [-0.2, 0) is 16.0 Å². The third-order valence-corrected chi connectivity index (χ3v) is 3.07. The number of alkyl halides is 2. The molecule has 1 rings (SSSR count). The van der Waals surface area contributed by atoms with Gasteiger partial charge in [0.15, 0.2) is 0 Å². The van der Waals surface area contributed by atoms with E-state index in [0.29, 0.717) is 3.57 Å². The zero-order valence-electron chi connectivity index (χ0n) is 9.95. The van der Waals surface area contributed by atoms with Crippen LogP contribution >= 0.6 is 22.6 Å². The second-order valence-corrected chi connectivity index (χ2v) is 4.53. The van der Waals surface area contributed by atoms with Gasteiger partial charge in [0.2, 0.25) is 0 Å². The number of benzene rings is 1. The van der Waals surface area contributed by atoms with Crippen LogP contribution < -0.4 is 4.74 Å². The lowest BCUT2D eigenvalue weighted by Crippen LogP contribution is -2.12. The first-order valence-electron chi connectivity index (χ1n) is 5.31. The van der Waals surface area contributed by atoms with Crippen LogP contribution in [0.15, 0.2) is 12.1 Å². The second-order valence-electron chi connectivity index (χ2n) is 3.37. The minimum atomic E-state index is -3.02. The molecule has 4 nitrogen and oxygen atoms in total. The predicted octanol–water partition coefficient (Wildman–Crippen LogP) is 2.87. The van der Waals surface area contributed by atoms with E-state index in [4.69, 9.17) is 10.00 Å². The van der Waals surface area contributed by atoms with E-state index in [0.717, 1.165) is 0 Å². The number of rotatable bonds is 5. The van der Waals surface area contributed by atoms with Crippen LogP contribution in [0.2, 0.25) is 0 Å². The summed E-state index contributed by atoms with van der Waals surface area (Å²) in [5.74, 6) is -0.778. The van der Waals surface area contributed by atoms with E-state index < -0.39 is 12.6 Å². The van der Waals surface area contributed by atoms with Crippen molar-refractivity contribution in [3.05, 3.63) is 26.8 Å². The Morgan fingerprint density at radius 2 is 2.21 bits per heavy atom. The molecule has 0 aliphatic rings. The van der Waals surface area contributed by atoms with Crippen molar-refractivity contribution < 1.29 is 23.0 Å². The third kappa shape index (κ3) is 4.31. The number of hydrogen-bond donors (Lipinski definition) is 0. The van der Waals surface area contributed by atoms with E-state index in [1.807, 2.05) is 28.7 Å². The Balaban J connectivity index is 3.18. The first-order chi connectivity index (χ1) is 8.99. The Morgan fingerprint density at radius 1 is 1.53 bits per heavy atom. The van der Waals surface area contributed by atoms with Crippen LogP contribution in [-0.4, -0.2) is 19.2 Å². The highest BCUT2D eigenvalue weighted by Crippen LogP contribution is 2.28. The number of halogens is 3. The first-order valence-corrected chi connectivity index (χ1v) is 6.39. The Morgan fingerprint density at radius 3 is 2.74 bits per heavy atom. The number of hydrogen-bond acceptors (Lipinski definition) is 4. The lowest BCUT2D eigenvalue weighted by Gasteiger charge is -2.12. The Kier molecular flexibility index (Phi) is 5.95. The van der Waals surface area contributed by atoms with Gasteiger partial charge in [0, 0.05) is 9.13 Å². The molecule has 0 bridgehead atoms. The highest BCUT2D eigenvalue weighted by Gasteiger charge is 2.19. The molecule has 0 aliphatic carbocycles. The molecular formula is C12H10F2INO3. The molecule has 0 fully saturated rings. The summed E-state index contributed by atoms with van der Waals surface area (Å²) in [4.78, 5) is 11.5. The van der Waals surface area contributed by atoms with Gasteiger partial charge in [-0.1, -0.05) is 0 Å². The van der Waals surface area contributed by atoms with Gasteiger partial charge in [0.05, 0.1) is 18.6 Å². The topological polar surface area (TPSA) is 59.3 Å². The quantitative estimate of drug-likeness (QED) is 0.582. The second kappa shape index (κ2) is 7.23. The number of nitriles is 1. The maximum Gasteiger partial charge on any atom is 0.387 e. The fraction of sp³-hybridized carbons (Fsp3) is 0.333. The molecule has 0 unspecified atom stereocenters. The minimum Gasteiger partial charge on any atom is -0.466 e. The molecule has 19 heavy (non-hydrogen) atoms. The zero-order valence-corrected chi connectivity index (χ0v) is 12.1. The Labute approximate surface area is 122 Å². The number of carbonyl (C=O) groups is 1. The van der Waals surface area contributed by atoms with Crippen LogP contribution in [0.3, 0.4) is 0 Å². The van der Waals surface area contributed by atoms with E-state index in [9.17, 15) is 13.6 Å². The van der Waals surface area contributed by atoms with Gasteiger partial charge in [-0.3, -0.25) is 4.79 Å². The molecule has 0 spiro atoms. The summed E-state index contributed by atoms with van der Waals surface area (Å²) in [5, 5.41) is 9.05. The van der Waals surface area contributed by atoms with E-state index in [2.05, 4.69) is 4.74 Å². The number of nitrogens with zero attached hydrogens (tertiary/aromatic N) is 1. The summed E-state index contributed by atoms with van der Waals surface area (Å²) < 4.78 is 34.2. The Bertz CT molecular complexity index is 514. The smallest absolute Gasteiger partial charge is 0.387 e. The lowest BCUT2D eigenvalue weighted by atomic mass is 10.0. The van der Waals surface area contributed by atoms with Crippen LogP contribution in [0.4, 0.5) is 8.78 Å². The fourth-order valence-electron chi connectivity index (χ4n) is 1.46. The molecule has 0 saturated heterocycles. The summed E-state index contributed by atoms with van der Waals surface area (Å²) in [7, 11) is 0. The maximum atomic E-state index is 12.3. The van der Waals surface area contributed by atoms with Gasteiger partial charge in [-0.05, 0) is 41.6 Å². The van der Waals surface area contributed by atoms with Crippen molar-refractivity contribution in [2.24, 2.45) is 0 Å². The fourth-order valence-corrected chi connectivity index (χ4v) is 2.09. The van der Waals surface area contributed by atoms with Gasteiger partial charge < -0.3 is 9.47 Å². The third-order valence-electron chi connectivity index (χ3n) is 2.17. The molecular weight excluding hydrogens is 371 g/mol. The van der Waals surface area contributed by atoms with Gasteiger partial charge in [-0.2, -0.15) is 14.0 Å². The molecule has 0 saturated carbocycles. The SMILES string of the molecule is CCOC(=O)Cc1c(OC(F)F)ccc(I)c1C#N. The molecule has 0 amide bonds.